The Labute approximate surface area is 115 Å². The van der Waals surface area contributed by atoms with Crippen LogP contribution in [0.25, 0.3) is 11.2 Å². The zero-order chi connectivity index (χ0) is 13.6. The van der Waals surface area contributed by atoms with Crippen molar-refractivity contribution in [1.29, 1.82) is 0 Å². The predicted octanol–water partition coefficient (Wildman–Crippen LogP) is 2.43. The largest absolute Gasteiger partial charge is 0.481 e. The smallest absolute Gasteiger partial charge is 0.313 e. The third-order valence-electron chi connectivity index (χ3n) is 3.44. The number of carboxylic acid groups (broad SMARTS) is 1. The fourth-order valence-electron chi connectivity index (χ4n) is 2.16. The molecule has 0 spiro atoms. The highest BCUT2D eigenvalue weighted by molar-refractivity contribution is 7.99. The van der Waals surface area contributed by atoms with Crippen LogP contribution in [-0.2, 0) is 10.3 Å². The standard InChI is InChI=1S/C13H15N3O2S/c1-8-5-9-11(14-6-8)16(13(2)3-4-13)12(15-9)19-7-10(17)18/h5-6H,3-4,7H2,1-2H3,(H,17,18). The van der Waals surface area contributed by atoms with Gasteiger partial charge in [-0.1, -0.05) is 11.8 Å². The molecule has 0 aliphatic heterocycles. The Bertz CT molecular complexity index is 661. The molecule has 0 amide bonds. The van der Waals surface area contributed by atoms with Gasteiger partial charge in [-0.3, -0.25) is 9.36 Å². The van der Waals surface area contributed by atoms with E-state index in [1.807, 2.05) is 19.2 Å². The van der Waals surface area contributed by atoms with Gasteiger partial charge in [-0.15, -0.1) is 0 Å². The summed E-state index contributed by atoms with van der Waals surface area (Å²) in [6, 6.07) is 2.00. The number of rotatable bonds is 4. The highest BCUT2D eigenvalue weighted by Crippen LogP contribution is 2.46. The van der Waals surface area contributed by atoms with Gasteiger partial charge in [0, 0.05) is 11.7 Å². The Balaban J connectivity index is 2.11. The molecule has 2 aromatic heterocycles. The van der Waals surface area contributed by atoms with Crippen molar-refractivity contribution < 1.29 is 9.90 Å². The van der Waals surface area contributed by atoms with Crippen molar-refractivity contribution in [3.8, 4) is 0 Å². The van der Waals surface area contributed by atoms with Crippen LogP contribution in [0, 0.1) is 6.92 Å². The van der Waals surface area contributed by atoms with E-state index >= 15 is 0 Å². The van der Waals surface area contributed by atoms with E-state index in [0.29, 0.717) is 0 Å². The summed E-state index contributed by atoms with van der Waals surface area (Å²) in [7, 11) is 0. The lowest BCUT2D eigenvalue weighted by atomic mass is 10.3. The minimum Gasteiger partial charge on any atom is -0.481 e. The van der Waals surface area contributed by atoms with E-state index in [1.165, 1.54) is 11.8 Å². The average Bonchev–Trinajstić information content (AvgIpc) is 2.97. The summed E-state index contributed by atoms with van der Waals surface area (Å²) in [6.07, 6.45) is 4.02. The van der Waals surface area contributed by atoms with Gasteiger partial charge >= 0.3 is 5.97 Å². The molecule has 1 fully saturated rings. The number of imidazole rings is 1. The maximum Gasteiger partial charge on any atom is 0.313 e. The van der Waals surface area contributed by atoms with Crippen molar-refractivity contribution in [3.05, 3.63) is 17.8 Å². The number of pyridine rings is 1. The van der Waals surface area contributed by atoms with Crippen molar-refractivity contribution in [1.82, 2.24) is 14.5 Å². The van der Waals surface area contributed by atoms with Gasteiger partial charge < -0.3 is 5.11 Å². The first kappa shape index (κ1) is 12.5. The minimum absolute atomic E-state index is 0.0262. The van der Waals surface area contributed by atoms with Crippen molar-refractivity contribution in [2.24, 2.45) is 0 Å². The van der Waals surface area contributed by atoms with Gasteiger partial charge in [0.05, 0.1) is 5.75 Å². The Morgan fingerprint density at radius 2 is 2.32 bits per heavy atom. The second-order valence-electron chi connectivity index (χ2n) is 5.26. The fourth-order valence-corrected chi connectivity index (χ4v) is 3.01. The normalized spacial score (nSPS) is 16.7. The summed E-state index contributed by atoms with van der Waals surface area (Å²) in [5, 5.41) is 9.59. The van der Waals surface area contributed by atoms with Crippen LogP contribution >= 0.6 is 11.8 Å². The van der Waals surface area contributed by atoms with Crippen molar-refractivity contribution in [3.63, 3.8) is 0 Å². The molecule has 0 aromatic carbocycles. The average molecular weight is 277 g/mol. The van der Waals surface area contributed by atoms with Crippen LogP contribution in [0.15, 0.2) is 17.4 Å². The molecule has 2 aromatic rings. The van der Waals surface area contributed by atoms with Gasteiger partial charge in [0.1, 0.15) is 5.52 Å². The molecule has 6 heteroatoms. The van der Waals surface area contributed by atoms with E-state index in [1.54, 1.807) is 0 Å². The van der Waals surface area contributed by atoms with Crippen molar-refractivity contribution in [2.45, 2.75) is 37.4 Å². The molecule has 1 aliphatic rings. The second-order valence-corrected chi connectivity index (χ2v) is 6.21. The molecule has 0 atom stereocenters. The molecule has 100 valence electrons. The molecule has 0 unspecified atom stereocenters. The van der Waals surface area contributed by atoms with Crippen LogP contribution in [0.1, 0.15) is 25.3 Å². The second kappa shape index (κ2) is 4.23. The van der Waals surface area contributed by atoms with E-state index < -0.39 is 5.97 Å². The quantitative estimate of drug-likeness (QED) is 0.869. The van der Waals surface area contributed by atoms with Crippen molar-refractivity contribution >= 4 is 28.9 Å². The number of hydrogen-bond donors (Lipinski definition) is 1. The van der Waals surface area contributed by atoms with E-state index in [-0.39, 0.29) is 11.3 Å². The van der Waals surface area contributed by atoms with Gasteiger partial charge in [-0.25, -0.2) is 9.97 Å². The zero-order valence-corrected chi connectivity index (χ0v) is 11.7. The Morgan fingerprint density at radius 3 is 2.95 bits per heavy atom. The Kier molecular flexibility index (Phi) is 2.78. The number of aliphatic carboxylic acids is 1. The zero-order valence-electron chi connectivity index (χ0n) is 10.9. The summed E-state index contributed by atoms with van der Waals surface area (Å²) in [5.74, 6) is -0.799. The van der Waals surface area contributed by atoms with Gasteiger partial charge in [0.15, 0.2) is 10.8 Å². The number of hydrogen-bond acceptors (Lipinski definition) is 4. The maximum atomic E-state index is 10.7. The summed E-state index contributed by atoms with van der Waals surface area (Å²) in [4.78, 5) is 19.8. The molecule has 19 heavy (non-hydrogen) atoms. The number of aryl methyl sites for hydroxylation is 1. The summed E-state index contributed by atoms with van der Waals surface area (Å²) in [6.45, 7) is 4.15. The number of carbonyl (C=O) groups is 1. The van der Waals surface area contributed by atoms with E-state index in [0.717, 1.165) is 34.7 Å². The molecule has 0 bridgehead atoms. The summed E-state index contributed by atoms with van der Waals surface area (Å²) in [5.41, 5.74) is 2.82. The molecule has 5 nitrogen and oxygen atoms in total. The lowest BCUT2D eigenvalue weighted by Gasteiger charge is -2.14. The number of aromatic nitrogens is 3. The first-order valence-electron chi connectivity index (χ1n) is 6.20. The van der Waals surface area contributed by atoms with E-state index in [2.05, 4.69) is 21.5 Å². The van der Waals surface area contributed by atoms with Crippen molar-refractivity contribution in [2.75, 3.05) is 5.75 Å². The Hall–Kier alpha value is -1.56. The molecule has 1 saturated carbocycles. The molecule has 1 aliphatic carbocycles. The van der Waals surface area contributed by atoms with Crippen LogP contribution in [0.5, 0.6) is 0 Å². The van der Waals surface area contributed by atoms with Gasteiger partial charge in [-0.2, -0.15) is 0 Å². The number of fused-ring (bicyclic) bond motifs is 1. The molecule has 0 saturated heterocycles. The highest BCUT2D eigenvalue weighted by atomic mass is 32.2. The monoisotopic (exact) mass is 277 g/mol. The number of nitrogens with zero attached hydrogens (tertiary/aromatic N) is 3. The SMILES string of the molecule is Cc1cnc2c(c1)nc(SCC(=O)O)n2C1(C)CC1. The molecular weight excluding hydrogens is 262 g/mol. The maximum absolute atomic E-state index is 10.7. The minimum atomic E-state index is -0.825. The predicted molar refractivity (Wildman–Crippen MR) is 73.5 cm³/mol. The molecule has 1 N–H and O–H groups in total. The third-order valence-corrected chi connectivity index (χ3v) is 4.36. The molecule has 0 radical (unpaired) electrons. The molecule has 3 rings (SSSR count). The van der Waals surface area contributed by atoms with Gasteiger partial charge in [0.25, 0.3) is 0 Å². The first-order chi connectivity index (χ1) is 8.99. The topological polar surface area (TPSA) is 68.0 Å². The van der Waals surface area contributed by atoms with E-state index in [9.17, 15) is 4.79 Å². The van der Waals surface area contributed by atoms with Crippen LogP contribution in [0.2, 0.25) is 0 Å². The Morgan fingerprint density at radius 1 is 1.58 bits per heavy atom. The lowest BCUT2D eigenvalue weighted by Crippen LogP contribution is -2.14. The molecule has 2 heterocycles. The molecular formula is C13H15N3O2S. The van der Waals surface area contributed by atoms with Crippen LogP contribution in [-0.4, -0.2) is 31.4 Å². The first-order valence-corrected chi connectivity index (χ1v) is 7.18. The van der Waals surface area contributed by atoms with Crippen LogP contribution < -0.4 is 0 Å². The van der Waals surface area contributed by atoms with Gasteiger partial charge in [-0.05, 0) is 38.3 Å². The summed E-state index contributed by atoms with van der Waals surface area (Å²) >= 11 is 1.27. The number of carboxylic acids is 1. The lowest BCUT2D eigenvalue weighted by molar-refractivity contribution is -0.133. The van der Waals surface area contributed by atoms with Gasteiger partial charge in [0.2, 0.25) is 0 Å². The number of thioether (sulfide) groups is 1. The summed E-state index contributed by atoms with van der Waals surface area (Å²) < 4.78 is 2.11. The van der Waals surface area contributed by atoms with Crippen LogP contribution in [0.3, 0.4) is 0 Å². The third kappa shape index (κ3) is 2.20. The highest BCUT2D eigenvalue weighted by Gasteiger charge is 2.42. The van der Waals surface area contributed by atoms with Crippen LogP contribution in [0.4, 0.5) is 0 Å². The fraction of sp³-hybridized carbons (Fsp3) is 0.462. The van der Waals surface area contributed by atoms with E-state index in [4.69, 9.17) is 5.11 Å².